The molecule has 138 valence electrons. The van der Waals surface area contributed by atoms with Crippen LogP contribution in [-0.2, 0) is 9.53 Å². The van der Waals surface area contributed by atoms with E-state index < -0.39 is 24.5 Å². The second-order valence-electron chi connectivity index (χ2n) is 4.19. The summed E-state index contributed by atoms with van der Waals surface area (Å²) >= 11 is 0. The highest BCUT2D eigenvalue weighted by Gasteiger charge is 2.41. The van der Waals surface area contributed by atoms with Crippen molar-refractivity contribution in [2.75, 3.05) is 12.8 Å². The molecule has 1 aliphatic heterocycles. The molecule has 3 rings (SSSR count). The molecule has 0 unspecified atom stereocenters. The molecule has 0 spiro atoms. The summed E-state index contributed by atoms with van der Waals surface area (Å²) in [6.07, 6.45) is 6.65. The van der Waals surface area contributed by atoms with E-state index in [2.05, 4.69) is 27.8 Å². The normalized spacial score (nSPS) is 21.0. The van der Waals surface area contributed by atoms with Crippen molar-refractivity contribution in [3.63, 3.8) is 0 Å². The minimum atomic E-state index is -1.45. The molecular weight excluding hydrogens is 333 g/mol. The fourth-order valence-corrected chi connectivity index (χ4v) is 2.09. The molecule has 2 aromatic rings. The van der Waals surface area contributed by atoms with Gasteiger partial charge in [-0.1, -0.05) is 13.8 Å². The lowest BCUT2D eigenvalue weighted by Crippen LogP contribution is -2.20. The van der Waals surface area contributed by atoms with Crippen LogP contribution in [0, 0.1) is 12.8 Å². The van der Waals surface area contributed by atoms with Gasteiger partial charge in [0.2, 0.25) is 0 Å². The summed E-state index contributed by atoms with van der Waals surface area (Å²) in [7, 11) is 1.00. The number of carboxylic acids is 1. The van der Waals surface area contributed by atoms with Gasteiger partial charge >= 0.3 is 5.97 Å². The highest BCUT2D eigenvalue weighted by molar-refractivity contribution is 5.81. The number of aliphatic hydroxyl groups excluding tert-OH is 1. The molecule has 0 radical (unpaired) electrons. The zero-order valence-electron chi connectivity index (χ0n) is 14.2. The molecule has 3 atom stereocenters. The van der Waals surface area contributed by atoms with Crippen molar-refractivity contribution in [2.24, 2.45) is 0 Å². The molecular formula is C15H22FN5O4. The first-order valence-electron chi connectivity index (χ1n) is 7.31. The second kappa shape index (κ2) is 10.9. The molecule has 9 nitrogen and oxygen atoms in total. The number of alkyl halides is 1. The Morgan fingerprint density at radius 2 is 1.96 bits per heavy atom. The molecule has 1 aliphatic rings. The third kappa shape index (κ3) is 4.85. The quantitative estimate of drug-likeness (QED) is 0.679. The van der Waals surface area contributed by atoms with Crippen molar-refractivity contribution < 1.29 is 24.1 Å². The van der Waals surface area contributed by atoms with Crippen molar-refractivity contribution in [1.82, 2.24) is 19.5 Å². The largest absolute Gasteiger partial charge is 0.479 e. The average molecular weight is 355 g/mol. The Morgan fingerprint density at radius 3 is 2.48 bits per heavy atom. The van der Waals surface area contributed by atoms with Crippen LogP contribution in [-0.4, -0.2) is 55.1 Å². The number of terminal acetylenes is 1. The fourth-order valence-electron chi connectivity index (χ4n) is 2.09. The van der Waals surface area contributed by atoms with Gasteiger partial charge in [-0.3, -0.25) is 4.57 Å². The number of fused-ring (bicyclic) bond motifs is 1. The molecule has 0 aromatic carbocycles. The fraction of sp³-hybridized carbons (Fsp3) is 0.467. The number of aromatic nitrogens is 4. The number of aliphatic hydroxyl groups is 1. The van der Waals surface area contributed by atoms with Gasteiger partial charge in [-0.2, -0.15) is 0 Å². The van der Waals surface area contributed by atoms with Crippen LogP contribution in [0.3, 0.4) is 0 Å². The highest BCUT2D eigenvalue weighted by atomic mass is 19.1. The Hall–Kier alpha value is -2.77. The maximum absolute atomic E-state index is 13.9. The predicted molar refractivity (Wildman–Crippen MR) is 90.2 cm³/mol. The third-order valence-corrected chi connectivity index (χ3v) is 2.99. The summed E-state index contributed by atoms with van der Waals surface area (Å²) in [5.74, 6) is -1.02. The summed E-state index contributed by atoms with van der Waals surface area (Å²) in [5.41, 5.74) is 6.26. The van der Waals surface area contributed by atoms with Crippen LogP contribution in [0.1, 0.15) is 26.5 Å². The van der Waals surface area contributed by atoms with Crippen LogP contribution < -0.4 is 5.73 Å². The van der Waals surface area contributed by atoms with Gasteiger partial charge in [-0.05, 0) is 0 Å². The molecule has 1 fully saturated rings. The van der Waals surface area contributed by atoms with Crippen LogP contribution in [0.15, 0.2) is 12.7 Å². The maximum Gasteiger partial charge on any atom is 0.333 e. The molecule has 2 aromatic heterocycles. The van der Waals surface area contributed by atoms with Crippen LogP contribution in [0.25, 0.3) is 11.2 Å². The Bertz CT molecular complexity index is 691. The minimum Gasteiger partial charge on any atom is -0.479 e. The van der Waals surface area contributed by atoms with Crippen molar-refractivity contribution in [2.45, 2.75) is 38.8 Å². The van der Waals surface area contributed by atoms with Crippen molar-refractivity contribution >= 4 is 23.0 Å². The molecule has 0 aliphatic carbocycles. The van der Waals surface area contributed by atoms with Crippen LogP contribution >= 0.6 is 0 Å². The zero-order valence-corrected chi connectivity index (χ0v) is 14.2. The average Bonchev–Trinajstić information content (AvgIpc) is 3.24. The van der Waals surface area contributed by atoms with Gasteiger partial charge in [-0.25, -0.2) is 24.1 Å². The first-order valence-corrected chi connectivity index (χ1v) is 7.31. The molecule has 25 heavy (non-hydrogen) atoms. The lowest BCUT2D eigenvalue weighted by Gasteiger charge is -2.14. The summed E-state index contributed by atoms with van der Waals surface area (Å²) in [6.45, 7) is 4.00. The third-order valence-electron chi connectivity index (χ3n) is 2.99. The van der Waals surface area contributed by atoms with E-state index >= 15 is 0 Å². The number of rotatable bonds is 2. The minimum absolute atomic E-state index is 0.173. The monoisotopic (exact) mass is 355 g/mol. The smallest absolute Gasteiger partial charge is 0.333 e. The summed E-state index contributed by atoms with van der Waals surface area (Å²) in [6, 6.07) is 0. The number of nitrogens with zero attached hydrogens (tertiary/aromatic N) is 4. The molecule has 4 N–H and O–H groups in total. The standard InChI is InChI=1S/C10H10FN5O3.C2H6.C2H2.CH4O/c11-4-1-5(10(17)18)19-9(4)16-3-15-6-7(12)13-2-14-8(6)16;3*1-2/h2-5,9H,1H2,(H,17,18)(H2,12,13,14);1-2H3;1-2H;2H,1H3/t4-,5-,9+;;;/m0.../s1. The van der Waals surface area contributed by atoms with Crippen LogP contribution in [0.5, 0.6) is 0 Å². The number of halogens is 1. The maximum atomic E-state index is 13.9. The number of ether oxygens (including phenoxy) is 1. The van der Waals surface area contributed by atoms with E-state index in [0.717, 1.165) is 7.11 Å². The molecule has 0 saturated carbocycles. The van der Waals surface area contributed by atoms with Crippen LogP contribution in [0.4, 0.5) is 10.2 Å². The SMILES string of the molecule is C#C.CC.CO.Nc1ncnc2c1ncn2[C@@H]1O[C@H](C(=O)O)C[C@@H]1F. The van der Waals surface area contributed by atoms with E-state index in [9.17, 15) is 9.18 Å². The van der Waals surface area contributed by atoms with Gasteiger partial charge in [-0.15, -0.1) is 12.8 Å². The molecule has 1 saturated heterocycles. The Kier molecular flexibility index (Phi) is 9.69. The number of hydrogen-bond donors (Lipinski definition) is 3. The number of aliphatic carboxylic acids is 1. The van der Waals surface area contributed by atoms with E-state index in [-0.39, 0.29) is 12.2 Å². The van der Waals surface area contributed by atoms with Crippen molar-refractivity contribution in [3.8, 4) is 12.8 Å². The summed E-state index contributed by atoms with van der Waals surface area (Å²) in [5, 5.41) is 15.8. The van der Waals surface area contributed by atoms with E-state index in [4.69, 9.17) is 20.7 Å². The van der Waals surface area contributed by atoms with Gasteiger partial charge in [0.05, 0.1) is 6.33 Å². The first-order chi connectivity index (χ1) is 12.1. The Labute approximate surface area is 144 Å². The van der Waals surface area contributed by atoms with Crippen molar-refractivity contribution in [1.29, 1.82) is 0 Å². The number of nitrogen functional groups attached to an aromatic ring is 1. The van der Waals surface area contributed by atoms with Gasteiger partial charge in [0.25, 0.3) is 0 Å². The lowest BCUT2D eigenvalue weighted by atomic mass is 10.2. The number of anilines is 1. The molecule has 10 heteroatoms. The number of imidazole rings is 1. The van der Waals surface area contributed by atoms with Crippen LogP contribution in [0.2, 0.25) is 0 Å². The van der Waals surface area contributed by atoms with Gasteiger partial charge in [0.1, 0.15) is 18.0 Å². The number of hydrogen-bond acceptors (Lipinski definition) is 7. The second-order valence-corrected chi connectivity index (χ2v) is 4.19. The number of carbonyl (C=O) groups is 1. The van der Waals surface area contributed by atoms with Gasteiger partial charge in [0, 0.05) is 13.5 Å². The molecule has 0 amide bonds. The summed E-state index contributed by atoms with van der Waals surface area (Å²) < 4.78 is 20.4. The van der Waals surface area contributed by atoms with E-state index in [0.29, 0.717) is 11.2 Å². The Morgan fingerprint density at radius 1 is 1.36 bits per heavy atom. The van der Waals surface area contributed by atoms with Gasteiger partial charge < -0.3 is 20.7 Å². The van der Waals surface area contributed by atoms with Gasteiger partial charge in [0.15, 0.2) is 23.8 Å². The summed E-state index contributed by atoms with van der Waals surface area (Å²) in [4.78, 5) is 22.5. The van der Waals surface area contributed by atoms with E-state index in [1.54, 1.807) is 0 Å². The zero-order chi connectivity index (χ0) is 19.6. The number of nitrogens with two attached hydrogens (primary N) is 1. The lowest BCUT2D eigenvalue weighted by molar-refractivity contribution is -0.151. The molecule has 0 bridgehead atoms. The predicted octanol–water partition coefficient (Wildman–Crippen LogP) is 1.00. The first kappa shape index (κ1) is 22.2. The number of carboxylic acid groups (broad SMARTS) is 1. The highest BCUT2D eigenvalue weighted by Crippen LogP contribution is 2.33. The Balaban J connectivity index is 0.000000871. The molecule has 3 heterocycles. The topological polar surface area (TPSA) is 136 Å². The van der Waals surface area contributed by atoms with E-state index in [1.165, 1.54) is 17.2 Å². The van der Waals surface area contributed by atoms with E-state index in [1.807, 2.05) is 13.8 Å². The van der Waals surface area contributed by atoms with Crippen molar-refractivity contribution in [3.05, 3.63) is 12.7 Å².